The quantitative estimate of drug-likeness (QED) is 0.612. The van der Waals surface area contributed by atoms with Gasteiger partial charge in [0.2, 0.25) is 15.9 Å². The standard InChI is InChI=1S/C12H19N7O3S/c1-8-10(9(2)15-14-8)4-5-13-12(20)7-19-6-11(16-18-19)17-23(3,21)22/h6,17H,4-5,7H2,1-3H3,(H,13,20)(H,14,15). The maximum Gasteiger partial charge on any atom is 0.241 e. The summed E-state index contributed by atoms with van der Waals surface area (Å²) in [6, 6.07) is 0. The first-order chi connectivity index (χ1) is 10.7. The van der Waals surface area contributed by atoms with E-state index in [9.17, 15) is 13.2 Å². The minimum absolute atomic E-state index is 0.0399. The largest absolute Gasteiger partial charge is 0.354 e. The lowest BCUT2D eigenvalue weighted by Gasteiger charge is -2.05. The summed E-state index contributed by atoms with van der Waals surface area (Å²) in [6.07, 6.45) is 3.04. The molecule has 0 spiro atoms. The molecule has 2 aromatic heterocycles. The summed E-state index contributed by atoms with van der Waals surface area (Å²) < 4.78 is 25.6. The molecule has 0 saturated carbocycles. The molecule has 11 heteroatoms. The lowest BCUT2D eigenvalue weighted by atomic mass is 10.1. The maximum absolute atomic E-state index is 11.8. The second-order valence-electron chi connectivity index (χ2n) is 5.19. The van der Waals surface area contributed by atoms with Crippen molar-refractivity contribution in [2.75, 3.05) is 17.5 Å². The molecule has 2 aromatic rings. The molecule has 2 heterocycles. The number of H-pyrrole nitrogens is 1. The van der Waals surface area contributed by atoms with Gasteiger partial charge in [0.05, 0.1) is 18.1 Å². The summed E-state index contributed by atoms with van der Waals surface area (Å²) in [5.41, 5.74) is 3.00. The molecule has 1 amide bonds. The van der Waals surface area contributed by atoms with Gasteiger partial charge < -0.3 is 5.32 Å². The molecule has 126 valence electrons. The van der Waals surface area contributed by atoms with Crippen LogP contribution >= 0.6 is 0 Å². The van der Waals surface area contributed by atoms with Gasteiger partial charge in [0.1, 0.15) is 6.54 Å². The summed E-state index contributed by atoms with van der Waals surface area (Å²) >= 11 is 0. The van der Waals surface area contributed by atoms with E-state index < -0.39 is 10.0 Å². The first kappa shape index (κ1) is 16.9. The molecule has 2 rings (SSSR count). The van der Waals surface area contributed by atoms with Gasteiger partial charge in [0, 0.05) is 12.2 Å². The van der Waals surface area contributed by atoms with Gasteiger partial charge in [-0.1, -0.05) is 5.21 Å². The Morgan fingerprint density at radius 3 is 2.74 bits per heavy atom. The van der Waals surface area contributed by atoms with E-state index in [1.54, 1.807) is 0 Å². The van der Waals surface area contributed by atoms with Crippen molar-refractivity contribution in [3.05, 3.63) is 23.1 Å². The van der Waals surface area contributed by atoms with E-state index in [1.807, 2.05) is 13.8 Å². The van der Waals surface area contributed by atoms with E-state index in [-0.39, 0.29) is 18.3 Å². The molecular weight excluding hydrogens is 322 g/mol. The van der Waals surface area contributed by atoms with Crippen molar-refractivity contribution >= 4 is 21.7 Å². The van der Waals surface area contributed by atoms with E-state index >= 15 is 0 Å². The molecule has 0 aliphatic rings. The third-order valence-corrected chi connectivity index (χ3v) is 3.69. The van der Waals surface area contributed by atoms with Crippen LogP contribution in [0.3, 0.4) is 0 Å². The summed E-state index contributed by atoms with van der Waals surface area (Å²) in [7, 11) is -3.42. The van der Waals surface area contributed by atoms with E-state index in [1.165, 1.54) is 10.9 Å². The zero-order valence-electron chi connectivity index (χ0n) is 13.1. The van der Waals surface area contributed by atoms with Gasteiger partial charge in [0.25, 0.3) is 0 Å². The van der Waals surface area contributed by atoms with Crippen LogP contribution in [0.4, 0.5) is 5.82 Å². The molecule has 10 nitrogen and oxygen atoms in total. The van der Waals surface area contributed by atoms with Gasteiger partial charge in [-0.2, -0.15) is 5.10 Å². The van der Waals surface area contributed by atoms with Crippen LogP contribution in [0, 0.1) is 13.8 Å². The summed E-state index contributed by atoms with van der Waals surface area (Å²) in [5, 5.41) is 17.1. The summed E-state index contributed by atoms with van der Waals surface area (Å²) in [4.78, 5) is 11.8. The molecule has 23 heavy (non-hydrogen) atoms. The number of nitrogens with one attached hydrogen (secondary N) is 3. The number of carbonyl (C=O) groups is 1. The van der Waals surface area contributed by atoms with Crippen molar-refractivity contribution in [3.63, 3.8) is 0 Å². The SMILES string of the molecule is Cc1n[nH]c(C)c1CCNC(=O)Cn1cc(NS(C)(=O)=O)nn1. The number of rotatable bonds is 7. The number of hydrogen-bond acceptors (Lipinski definition) is 6. The first-order valence-electron chi connectivity index (χ1n) is 6.89. The second kappa shape index (κ2) is 6.77. The Morgan fingerprint density at radius 1 is 1.39 bits per heavy atom. The topological polar surface area (TPSA) is 135 Å². The van der Waals surface area contributed by atoms with Gasteiger partial charge in [-0.25, -0.2) is 13.1 Å². The third-order valence-electron chi connectivity index (χ3n) is 3.11. The van der Waals surface area contributed by atoms with Crippen LogP contribution in [0.1, 0.15) is 17.0 Å². The average Bonchev–Trinajstić information content (AvgIpc) is 2.97. The summed E-state index contributed by atoms with van der Waals surface area (Å²) in [6.45, 7) is 4.28. The molecule has 0 unspecified atom stereocenters. The Kier molecular flexibility index (Phi) is 4.98. The van der Waals surface area contributed by atoms with Crippen LogP contribution in [0.25, 0.3) is 0 Å². The fourth-order valence-electron chi connectivity index (χ4n) is 2.08. The number of anilines is 1. The first-order valence-corrected chi connectivity index (χ1v) is 8.79. The Labute approximate surface area is 133 Å². The van der Waals surface area contributed by atoms with Crippen molar-refractivity contribution in [1.29, 1.82) is 0 Å². The Balaban J connectivity index is 1.81. The van der Waals surface area contributed by atoms with Gasteiger partial charge in [-0.15, -0.1) is 5.10 Å². The van der Waals surface area contributed by atoms with Gasteiger partial charge in [0.15, 0.2) is 5.82 Å². The van der Waals surface area contributed by atoms with Crippen LogP contribution in [-0.4, -0.2) is 52.3 Å². The Hall–Kier alpha value is -2.43. The van der Waals surface area contributed by atoms with Crippen molar-refractivity contribution in [1.82, 2.24) is 30.5 Å². The fraction of sp³-hybridized carbons (Fsp3) is 0.500. The molecule has 0 aliphatic carbocycles. The number of carbonyl (C=O) groups excluding carboxylic acids is 1. The predicted octanol–water partition coefficient (Wildman–Crippen LogP) is -0.652. The van der Waals surface area contributed by atoms with Gasteiger partial charge in [-0.05, 0) is 25.8 Å². The Bertz CT molecular complexity index is 774. The smallest absolute Gasteiger partial charge is 0.241 e. The monoisotopic (exact) mass is 341 g/mol. The van der Waals surface area contributed by atoms with Gasteiger partial charge in [-0.3, -0.25) is 14.6 Å². The van der Waals surface area contributed by atoms with E-state index in [4.69, 9.17) is 0 Å². The number of sulfonamides is 1. The molecule has 0 saturated heterocycles. The van der Waals surface area contributed by atoms with Crippen molar-refractivity contribution in [3.8, 4) is 0 Å². The van der Waals surface area contributed by atoms with Crippen LogP contribution < -0.4 is 10.0 Å². The van der Waals surface area contributed by atoms with E-state index in [0.29, 0.717) is 13.0 Å². The molecule has 0 fully saturated rings. The fourth-order valence-corrected chi connectivity index (χ4v) is 2.56. The van der Waals surface area contributed by atoms with Crippen LogP contribution in [0.5, 0.6) is 0 Å². The van der Waals surface area contributed by atoms with E-state index in [2.05, 4.69) is 30.5 Å². The zero-order valence-corrected chi connectivity index (χ0v) is 13.9. The molecule has 0 atom stereocenters. The number of amides is 1. The minimum atomic E-state index is -3.42. The third kappa shape index (κ3) is 5.06. The molecule has 0 aliphatic heterocycles. The van der Waals surface area contributed by atoms with Crippen molar-refractivity contribution < 1.29 is 13.2 Å². The molecule has 0 bridgehead atoms. The second-order valence-corrected chi connectivity index (χ2v) is 6.94. The van der Waals surface area contributed by atoms with Crippen LogP contribution in [-0.2, 0) is 27.8 Å². The number of hydrogen-bond donors (Lipinski definition) is 3. The lowest BCUT2D eigenvalue weighted by molar-refractivity contribution is -0.121. The minimum Gasteiger partial charge on any atom is -0.354 e. The predicted molar refractivity (Wildman–Crippen MR) is 83.3 cm³/mol. The number of aromatic nitrogens is 5. The van der Waals surface area contributed by atoms with Crippen LogP contribution in [0.2, 0.25) is 0 Å². The lowest BCUT2D eigenvalue weighted by Crippen LogP contribution is -2.29. The van der Waals surface area contributed by atoms with E-state index in [0.717, 1.165) is 23.2 Å². The highest BCUT2D eigenvalue weighted by molar-refractivity contribution is 7.92. The summed E-state index contributed by atoms with van der Waals surface area (Å²) in [5.74, 6) is -0.162. The van der Waals surface area contributed by atoms with Crippen molar-refractivity contribution in [2.45, 2.75) is 26.8 Å². The van der Waals surface area contributed by atoms with Crippen molar-refractivity contribution in [2.24, 2.45) is 0 Å². The maximum atomic E-state index is 11.8. The number of nitrogens with zero attached hydrogens (tertiary/aromatic N) is 4. The molecule has 0 radical (unpaired) electrons. The number of aryl methyl sites for hydroxylation is 2. The molecular formula is C12H19N7O3S. The molecule has 0 aromatic carbocycles. The van der Waals surface area contributed by atoms with Crippen LogP contribution in [0.15, 0.2) is 6.20 Å². The normalized spacial score (nSPS) is 11.4. The Morgan fingerprint density at radius 2 is 2.13 bits per heavy atom. The zero-order chi connectivity index (χ0) is 17.0. The highest BCUT2D eigenvalue weighted by atomic mass is 32.2. The average molecular weight is 341 g/mol. The molecule has 3 N–H and O–H groups in total. The van der Waals surface area contributed by atoms with Gasteiger partial charge >= 0.3 is 0 Å². The number of aromatic amines is 1. The highest BCUT2D eigenvalue weighted by Gasteiger charge is 2.10. The highest BCUT2D eigenvalue weighted by Crippen LogP contribution is 2.09.